The Hall–Kier alpha value is -2.08. The number of amides is 1. The van der Waals surface area contributed by atoms with Crippen molar-refractivity contribution in [3.63, 3.8) is 0 Å². The zero-order valence-corrected chi connectivity index (χ0v) is 13.3. The first-order valence-electron chi connectivity index (χ1n) is 7.21. The molecule has 114 valence electrons. The van der Waals surface area contributed by atoms with Gasteiger partial charge in [0.2, 0.25) is 5.91 Å². The third kappa shape index (κ3) is 2.23. The van der Waals surface area contributed by atoms with Gasteiger partial charge in [0.05, 0.1) is 15.8 Å². The van der Waals surface area contributed by atoms with Gasteiger partial charge in [0, 0.05) is 23.6 Å². The van der Waals surface area contributed by atoms with Crippen molar-refractivity contribution in [2.75, 3.05) is 0 Å². The molecule has 2 heterocycles. The first kappa shape index (κ1) is 14.8. The normalized spacial score (nSPS) is 19.9. The molecule has 0 spiro atoms. The molecule has 0 saturated heterocycles. The van der Waals surface area contributed by atoms with Gasteiger partial charge in [0.1, 0.15) is 0 Å². The Kier molecular flexibility index (Phi) is 3.78. The maximum absolute atomic E-state index is 12.5. The number of carbonyl (C=O) groups is 1. The van der Waals surface area contributed by atoms with E-state index < -0.39 is 11.2 Å². The highest BCUT2D eigenvalue weighted by Crippen LogP contribution is 2.46. The number of nitrogens with zero attached hydrogens (tertiary/aromatic N) is 2. The predicted molar refractivity (Wildman–Crippen MR) is 86.9 cm³/mol. The summed E-state index contributed by atoms with van der Waals surface area (Å²) in [6.45, 7) is 4.30. The largest absolute Gasteiger partial charge is 0.369 e. The molecule has 0 aliphatic carbocycles. The molecule has 1 aliphatic heterocycles. The van der Waals surface area contributed by atoms with Gasteiger partial charge in [0.25, 0.3) is 5.56 Å². The monoisotopic (exact) mass is 315 g/mol. The average molecular weight is 315 g/mol. The van der Waals surface area contributed by atoms with Gasteiger partial charge in [-0.05, 0) is 6.92 Å². The number of rotatable bonds is 3. The van der Waals surface area contributed by atoms with E-state index in [0.29, 0.717) is 11.4 Å². The fraction of sp³-hybridized carbons (Fsp3) is 0.312. The van der Waals surface area contributed by atoms with Crippen LogP contribution >= 0.6 is 11.8 Å². The van der Waals surface area contributed by atoms with E-state index >= 15 is 0 Å². The zero-order chi connectivity index (χ0) is 15.9. The van der Waals surface area contributed by atoms with E-state index in [0.717, 1.165) is 16.8 Å². The highest BCUT2D eigenvalue weighted by molar-refractivity contribution is 8.01. The number of aryl methyl sites for hydroxylation is 1. The third-order valence-corrected chi connectivity index (χ3v) is 5.46. The third-order valence-electron chi connectivity index (χ3n) is 3.93. The van der Waals surface area contributed by atoms with Crippen molar-refractivity contribution in [1.82, 2.24) is 9.78 Å². The number of benzene rings is 1. The minimum Gasteiger partial charge on any atom is -0.369 e. The Labute approximate surface area is 132 Å². The van der Waals surface area contributed by atoms with Gasteiger partial charge in [-0.1, -0.05) is 37.3 Å². The topological polar surface area (TPSA) is 78.0 Å². The second-order valence-electron chi connectivity index (χ2n) is 5.31. The maximum atomic E-state index is 12.5. The lowest BCUT2D eigenvalue weighted by Gasteiger charge is -2.14. The Balaban J connectivity index is 2.28. The van der Waals surface area contributed by atoms with Crippen LogP contribution in [0, 0.1) is 0 Å². The lowest BCUT2D eigenvalue weighted by atomic mass is 9.93. The Morgan fingerprint density at radius 2 is 2.05 bits per heavy atom. The number of aromatic nitrogens is 2. The van der Waals surface area contributed by atoms with Crippen molar-refractivity contribution in [2.45, 2.75) is 36.5 Å². The van der Waals surface area contributed by atoms with E-state index in [1.807, 2.05) is 44.2 Å². The molecule has 0 bridgehead atoms. The van der Waals surface area contributed by atoms with Gasteiger partial charge in [-0.15, -0.1) is 11.8 Å². The SMILES string of the molecule is CCn1nc(-c2ccccc2)c2c(c1=O)SC(C(N)=O)C2C. The van der Waals surface area contributed by atoms with Crippen LogP contribution in [0.2, 0.25) is 0 Å². The fourth-order valence-electron chi connectivity index (χ4n) is 2.80. The van der Waals surface area contributed by atoms with Crippen molar-refractivity contribution >= 4 is 17.7 Å². The minimum absolute atomic E-state index is 0.126. The number of nitrogens with two attached hydrogens (primary N) is 1. The lowest BCUT2D eigenvalue weighted by molar-refractivity contribution is -0.117. The smallest absolute Gasteiger partial charge is 0.280 e. The quantitative estimate of drug-likeness (QED) is 0.939. The Bertz CT molecular complexity index is 786. The summed E-state index contributed by atoms with van der Waals surface area (Å²) >= 11 is 1.27. The molecule has 22 heavy (non-hydrogen) atoms. The standard InChI is InChI=1S/C16H17N3O2S/c1-3-19-16(21)14-11(9(2)13(22-14)15(17)20)12(18-19)10-7-5-4-6-8-10/h4-9,13H,3H2,1-2H3,(H2,17,20). The first-order valence-corrected chi connectivity index (χ1v) is 8.09. The first-order chi connectivity index (χ1) is 10.5. The lowest BCUT2D eigenvalue weighted by Crippen LogP contribution is -2.27. The number of fused-ring (bicyclic) bond motifs is 1. The molecule has 3 rings (SSSR count). The molecule has 1 aromatic carbocycles. The molecule has 2 atom stereocenters. The van der Waals surface area contributed by atoms with Crippen molar-refractivity contribution in [3.05, 3.63) is 46.2 Å². The molecular weight excluding hydrogens is 298 g/mol. The summed E-state index contributed by atoms with van der Waals surface area (Å²) in [5, 5.41) is 4.10. The van der Waals surface area contributed by atoms with Crippen LogP contribution in [0.15, 0.2) is 40.0 Å². The van der Waals surface area contributed by atoms with Crippen LogP contribution < -0.4 is 11.3 Å². The van der Waals surface area contributed by atoms with E-state index in [1.54, 1.807) is 0 Å². The van der Waals surface area contributed by atoms with Crippen LogP contribution in [-0.2, 0) is 11.3 Å². The Morgan fingerprint density at radius 3 is 2.64 bits per heavy atom. The van der Waals surface area contributed by atoms with E-state index in [9.17, 15) is 9.59 Å². The second-order valence-corrected chi connectivity index (χ2v) is 6.46. The summed E-state index contributed by atoms with van der Waals surface area (Å²) in [6, 6.07) is 9.72. The van der Waals surface area contributed by atoms with E-state index in [2.05, 4.69) is 5.10 Å². The summed E-state index contributed by atoms with van der Waals surface area (Å²) in [4.78, 5) is 24.8. The van der Waals surface area contributed by atoms with E-state index in [4.69, 9.17) is 5.73 Å². The number of thioether (sulfide) groups is 1. The predicted octanol–water partition coefficient (Wildman–Crippen LogP) is 1.99. The van der Waals surface area contributed by atoms with Crippen molar-refractivity contribution in [1.29, 1.82) is 0 Å². The summed E-state index contributed by atoms with van der Waals surface area (Å²) in [5.41, 5.74) is 7.90. The number of primary amides is 1. The van der Waals surface area contributed by atoms with Crippen LogP contribution in [0.4, 0.5) is 0 Å². The number of hydrogen-bond donors (Lipinski definition) is 1. The highest BCUT2D eigenvalue weighted by atomic mass is 32.2. The highest BCUT2D eigenvalue weighted by Gasteiger charge is 2.39. The van der Waals surface area contributed by atoms with Crippen molar-refractivity contribution in [2.24, 2.45) is 5.73 Å². The zero-order valence-electron chi connectivity index (χ0n) is 12.4. The molecule has 5 nitrogen and oxygen atoms in total. The maximum Gasteiger partial charge on any atom is 0.280 e. The molecule has 2 unspecified atom stereocenters. The second kappa shape index (κ2) is 5.61. The van der Waals surface area contributed by atoms with E-state index in [-0.39, 0.29) is 11.5 Å². The molecule has 2 N–H and O–H groups in total. The van der Waals surface area contributed by atoms with Crippen LogP contribution in [0.1, 0.15) is 25.3 Å². The van der Waals surface area contributed by atoms with Gasteiger partial charge in [0.15, 0.2) is 0 Å². The summed E-state index contributed by atoms with van der Waals surface area (Å²) in [6.07, 6.45) is 0. The summed E-state index contributed by atoms with van der Waals surface area (Å²) < 4.78 is 1.45. The van der Waals surface area contributed by atoms with Gasteiger partial charge < -0.3 is 5.73 Å². The average Bonchev–Trinajstić information content (AvgIpc) is 2.87. The van der Waals surface area contributed by atoms with Crippen LogP contribution in [0.5, 0.6) is 0 Å². The van der Waals surface area contributed by atoms with Crippen LogP contribution in [-0.4, -0.2) is 20.9 Å². The number of carbonyl (C=O) groups excluding carboxylic acids is 1. The molecule has 1 aliphatic rings. The molecule has 0 fully saturated rings. The molecule has 0 radical (unpaired) electrons. The molecular formula is C16H17N3O2S. The molecule has 1 amide bonds. The Morgan fingerprint density at radius 1 is 1.36 bits per heavy atom. The fourth-order valence-corrected chi connectivity index (χ4v) is 4.13. The number of hydrogen-bond acceptors (Lipinski definition) is 4. The molecule has 0 saturated carbocycles. The summed E-state index contributed by atoms with van der Waals surface area (Å²) in [5.74, 6) is -0.519. The van der Waals surface area contributed by atoms with Gasteiger partial charge in [-0.2, -0.15) is 5.10 Å². The molecule has 1 aromatic heterocycles. The van der Waals surface area contributed by atoms with Crippen LogP contribution in [0.25, 0.3) is 11.3 Å². The van der Waals surface area contributed by atoms with E-state index in [1.165, 1.54) is 16.4 Å². The molecule has 2 aromatic rings. The van der Waals surface area contributed by atoms with Crippen molar-refractivity contribution < 1.29 is 4.79 Å². The van der Waals surface area contributed by atoms with Gasteiger partial charge in [-0.25, -0.2) is 4.68 Å². The molecule has 6 heteroatoms. The summed E-state index contributed by atoms with van der Waals surface area (Å²) in [7, 11) is 0. The van der Waals surface area contributed by atoms with Gasteiger partial charge >= 0.3 is 0 Å². The van der Waals surface area contributed by atoms with Crippen molar-refractivity contribution in [3.8, 4) is 11.3 Å². The van der Waals surface area contributed by atoms with Gasteiger partial charge in [-0.3, -0.25) is 9.59 Å². The minimum atomic E-state index is -0.417. The van der Waals surface area contributed by atoms with Crippen LogP contribution in [0.3, 0.4) is 0 Å².